The van der Waals surface area contributed by atoms with E-state index in [2.05, 4.69) is 57.6 Å². The first-order valence-corrected chi connectivity index (χ1v) is 55.7. The van der Waals surface area contributed by atoms with E-state index in [1.165, 1.54) is 38.9 Å². The van der Waals surface area contributed by atoms with E-state index in [9.17, 15) is 46.0 Å². The molecule has 12 aromatic rings. The van der Waals surface area contributed by atoms with Gasteiger partial charge in [-0.1, -0.05) is 236 Å². The maximum Gasteiger partial charge on any atom is 0.178 e. The fourth-order valence-corrected chi connectivity index (χ4v) is 21.9. The van der Waals surface area contributed by atoms with Gasteiger partial charge in [0, 0.05) is 148 Å². The Morgan fingerprint density at radius 2 is 0.533 bits per heavy atom. The lowest BCUT2D eigenvalue weighted by Gasteiger charge is -2.32. The molecule has 12 aromatic carbocycles. The maximum absolute atomic E-state index is 10.0. The Morgan fingerprint density at radius 3 is 0.940 bits per heavy atom. The molecule has 6 heterocycles. The van der Waals surface area contributed by atoms with Gasteiger partial charge in [0.25, 0.3) is 0 Å². The number of hydrogen-bond acceptors (Lipinski definition) is 15. The van der Waals surface area contributed by atoms with Gasteiger partial charge in [-0.3, -0.25) is 0 Å². The smallest absolute Gasteiger partial charge is 0.178 e. The van der Waals surface area contributed by atoms with E-state index in [0.717, 1.165) is 223 Å². The minimum atomic E-state index is -0.390. The third kappa shape index (κ3) is 33.4. The van der Waals surface area contributed by atoms with Crippen LogP contribution in [0.25, 0.3) is 0 Å². The third-order valence-corrected chi connectivity index (χ3v) is 32.8. The van der Waals surface area contributed by atoms with Crippen LogP contribution in [0.1, 0.15) is 113 Å². The SMILES string of the molecule is Oc1c(Cl)cc2c(c1Cl)CCCN(C(=S)NCCc1ccc(Cl)cc1)C2.Oc1c(O)c(Cl)c2c(c1Cl)CCCN(C(=S)NCCc1ccc(Cl)cc1)C2.Oc1c(O)c(Cl)c2c(c1Cl)CCN(C(=S)NCCc1ccc(Cl)cc1)C2.Oc1cc2c(cc1O)CN(C(=S)NCCc1ccc(Cl)c(Cl)c1)CC2.Oc1ccc2c(c1)CCN(C(=S)NCCc1ccc(Cl)cc1)C2.Oc1cccc2c1CCN(C(=S)NCCc1ccc(Cl)cc1)C2. The molecule has 6 aliphatic heterocycles. The average molecular weight is 2400 g/mol. The fourth-order valence-electron chi connectivity index (χ4n) is 17.7. The molecule has 0 atom stereocenters. The summed E-state index contributed by atoms with van der Waals surface area (Å²) in [5.41, 5.74) is 18.7. The molecule has 18 rings (SSSR count). The van der Waals surface area contributed by atoms with Gasteiger partial charge >= 0.3 is 0 Å². The zero-order valence-electron chi connectivity index (χ0n) is 81.2. The molecule has 150 heavy (non-hydrogen) atoms. The highest BCUT2D eigenvalue weighted by molar-refractivity contribution is 7.81. The number of nitrogens with zero attached hydrogens (tertiary/aromatic N) is 6. The van der Waals surface area contributed by atoms with Crippen LogP contribution in [0.4, 0.5) is 0 Å². The summed E-state index contributed by atoms with van der Waals surface area (Å²) in [6, 6.07) is 60.9. The van der Waals surface area contributed by atoms with Crippen molar-refractivity contribution in [2.75, 3.05) is 78.5 Å². The summed E-state index contributed by atoms with van der Waals surface area (Å²) in [6.45, 7) is 12.8. The van der Waals surface area contributed by atoms with E-state index >= 15 is 0 Å². The molecule has 6 aliphatic rings. The summed E-state index contributed by atoms with van der Waals surface area (Å²) in [5.74, 6) is -0.990. The van der Waals surface area contributed by atoms with Crippen LogP contribution in [0.2, 0.25) is 65.3 Å². The summed E-state index contributed by atoms with van der Waals surface area (Å²) < 4.78 is 0. The van der Waals surface area contributed by atoms with Gasteiger partial charge < -0.3 is 107 Å². The van der Waals surface area contributed by atoms with E-state index in [-0.39, 0.29) is 65.4 Å². The van der Waals surface area contributed by atoms with Crippen LogP contribution in [0.5, 0.6) is 51.7 Å². The summed E-state index contributed by atoms with van der Waals surface area (Å²) in [4.78, 5) is 12.5. The first-order valence-electron chi connectivity index (χ1n) is 48.4. The molecule has 40 heteroatoms. The number of benzene rings is 12. The van der Waals surface area contributed by atoms with Crippen LogP contribution in [0.15, 0.2) is 194 Å². The number of fused-ring (bicyclic) bond motifs is 6. The zero-order chi connectivity index (χ0) is 108. The number of nitrogens with one attached hydrogen (secondary N) is 6. The summed E-state index contributed by atoms with van der Waals surface area (Å²) >= 11 is 112. The molecule has 0 saturated carbocycles. The van der Waals surface area contributed by atoms with Crippen LogP contribution >= 0.6 is 224 Å². The van der Waals surface area contributed by atoms with E-state index in [1.807, 2.05) is 161 Å². The van der Waals surface area contributed by atoms with Crippen LogP contribution in [-0.4, -0.2) is 185 Å². The largest absolute Gasteiger partial charge is 0.508 e. The van der Waals surface area contributed by atoms with Crippen LogP contribution in [-0.2, 0) is 116 Å². The highest BCUT2D eigenvalue weighted by atomic mass is 35.5. The molecule has 15 N–H and O–H groups in total. The lowest BCUT2D eigenvalue weighted by atomic mass is 9.98. The van der Waals surface area contributed by atoms with Crippen molar-refractivity contribution in [3.63, 3.8) is 0 Å². The minimum absolute atomic E-state index is 0.0378. The van der Waals surface area contributed by atoms with Crippen LogP contribution in [0, 0.1) is 0 Å². The second-order valence-electron chi connectivity index (χ2n) is 36.2. The number of phenols is 9. The van der Waals surface area contributed by atoms with Gasteiger partial charge in [0.1, 0.15) is 11.5 Å². The molecular weight excluding hydrogens is 2290 g/mol. The Kier molecular flexibility index (Phi) is 45.0. The number of phenolic OH excluding ortho intramolecular Hbond substituents is 9. The normalized spacial score (nSPS) is 13.6. The average Bonchev–Trinajstić information content (AvgIpc) is 0.909. The lowest BCUT2D eigenvalue weighted by molar-refractivity contribution is 0.375. The van der Waals surface area contributed by atoms with Gasteiger partial charge in [-0.05, 0) is 367 Å². The molecule has 0 unspecified atom stereocenters. The third-order valence-electron chi connectivity index (χ3n) is 26.0. The van der Waals surface area contributed by atoms with Gasteiger partial charge in [-0.2, -0.15) is 0 Å². The molecule has 0 bridgehead atoms. The van der Waals surface area contributed by atoms with Crippen molar-refractivity contribution in [2.24, 2.45) is 0 Å². The molecule has 0 spiro atoms. The van der Waals surface area contributed by atoms with Crippen molar-refractivity contribution >= 4 is 255 Å². The Labute approximate surface area is 971 Å². The maximum atomic E-state index is 10.0. The highest BCUT2D eigenvalue weighted by Crippen LogP contribution is 2.49. The number of halogens is 13. The van der Waals surface area contributed by atoms with Crippen LogP contribution < -0.4 is 31.9 Å². The number of rotatable bonds is 18. The summed E-state index contributed by atoms with van der Waals surface area (Å²) in [6.07, 6.45) is 11.4. The molecular formula is C110H111Cl13N12O9S6. The predicted molar refractivity (Wildman–Crippen MR) is 637 cm³/mol. The van der Waals surface area contributed by atoms with E-state index in [4.69, 9.17) is 224 Å². The van der Waals surface area contributed by atoms with Gasteiger partial charge in [0.15, 0.2) is 70.9 Å². The molecule has 0 fully saturated rings. The van der Waals surface area contributed by atoms with E-state index in [0.29, 0.717) is 128 Å². The summed E-state index contributed by atoms with van der Waals surface area (Å²) in [5, 5.41) is 118. The van der Waals surface area contributed by atoms with Crippen molar-refractivity contribution in [3.05, 3.63) is 360 Å². The molecule has 0 aliphatic carbocycles. The predicted octanol–water partition coefficient (Wildman–Crippen LogP) is 25.6. The molecule has 0 saturated heterocycles. The second-order valence-corrected chi connectivity index (χ2v) is 43.8. The molecule has 0 radical (unpaired) electrons. The highest BCUT2D eigenvalue weighted by Gasteiger charge is 2.32. The number of hydrogen-bond donors (Lipinski definition) is 15. The van der Waals surface area contributed by atoms with Crippen molar-refractivity contribution in [1.82, 2.24) is 61.3 Å². The van der Waals surface area contributed by atoms with Crippen molar-refractivity contribution in [1.29, 1.82) is 0 Å². The van der Waals surface area contributed by atoms with Crippen molar-refractivity contribution < 1.29 is 46.0 Å². The lowest BCUT2D eigenvalue weighted by Crippen LogP contribution is -2.43. The number of aromatic hydroxyl groups is 9. The quantitative estimate of drug-likeness (QED) is 0.0281. The monoisotopic (exact) mass is 2390 g/mol. The van der Waals surface area contributed by atoms with Gasteiger partial charge in [0.2, 0.25) is 0 Å². The Balaban J connectivity index is 0.000000150. The topological polar surface area (TPSA) is 274 Å². The Morgan fingerprint density at radius 1 is 0.227 bits per heavy atom. The van der Waals surface area contributed by atoms with Crippen molar-refractivity contribution in [2.45, 2.75) is 129 Å². The molecule has 21 nitrogen and oxygen atoms in total. The molecule has 0 amide bonds. The van der Waals surface area contributed by atoms with Gasteiger partial charge in [-0.15, -0.1) is 0 Å². The second kappa shape index (κ2) is 57.3. The zero-order valence-corrected chi connectivity index (χ0v) is 95.9. The van der Waals surface area contributed by atoms with Crippen molar-refractivity contribution in [3.8, 4) is 51.7 Å². The Bertz CT molecular complexity index is 6810. The first kappa shape index (κ1) is 118. The van der Waals surface area contributed by atoms with E-state index in [1.54, 1.807) is 36.4 Å². The van der Waals surface area contributed by atoms with Crippen LogP contribution in [0.3, 0.4) is 0 Å². The fraction of sp³-hybridized carbons (Fsp3) is 0.291. The minimum Gasteiger partial charge on any atom is -0.508 e. The Hall–Kier alpha value is -9.25. The standard InChI is InChI=1S/C19H19Cl3N2O2S.C19H19Cl3N2OS.C18H17Cl3N2O2S.C18H18Cl2N2O2S.2C18H19ClN2OS/c20-12-5-3-11(4-6-12)7-8-23-19(27)24-9-1-2-13-14(10-24)16(22)18(26)17(25)15(13)21;20-14-5-3-12(4-6-14)7-8-23-19(26)24-9-1-2-15-13(11-24)10-16(21)18(25)17(15)22;19-11-3-1-10(2-4-11)5-7-22-18(26)23-8-6-12-13(9-23)15(21)17(25)16(24)14(12)20;19-14-2-1-11(7-15(14)20)3-5-21-18(25)22-6-4-12-8-16(23)17(24)9-13(12)10-22;19-16-4-1-13(2-5-16)7-9-20-18(23)21-10-8-14-11-17(22)6-3-15(14)12-21;19-15-6-4-13(5-7-15)8-10-20-18(23)21-11-9-16-14(12-21)2-1-3-17(16)22/h3-6,25-26H,1-2,7-10H2,(H,23,27);3-6,10,25H,1-2,7-9,11H2,(H,23,26);1-4,24-25H,5-9H2,(H,22,26);1-2,7-9,23-24H,3-6,10H2,(H,21,25);1-6,11,22H,7-10,12H2,(H,20,23);1-7,22H,8-12H2,(H,20,23). The first-order chi connectivity index (χ1) is 71.9. The van der Waals surface area contributed by atoms with Gasteiger partial charge in [-0.25, -0.2) is 0 Å². The number of thiocarbonyl (C=S) groups is 6. The van der Waals surface area contributed by atoms with E-state index < -0.39 is 0 Å². The molecule has 792 valence electrons. The van der Waals surface area contributed by atoms with Gasteiger partial charge in [0.05, 0.1) is 40.2 Å². The molecule has 0 aromatic heterocycles. The summed E-state index contributed by atoms with van der Waals surface area (Å²) in [7, 11) is 0.